The van der Waals surface area contributed by atoms with Gasteiger partial charge < -0.3 is 14.4 Å². The molecule has 102 valence electrons. The van der Waals surface area contributed by atoms with E-state index in [-0.39, 0.29) is 12.1 Å². The van der Waals surface area contributed by atoms with Crippen molar-refractivity contribution in [3.05, 3.63) is 35.9 Å². The molecule has 2 rings (SSSR count). The summed E-state index contributed by atoms with van der Waals surface area (Å²) < 4.78 is 9.95. The van der Waals surface area contributed by atoms with Crippen molar-refractivity contribution in [3.8, 4) is 0 Å². The number of rotatable bonds is 6. The summed E-state index contributed by atoms with van der Waals surface area (Å²) in [7, 11) is 0. The highest BCUT2D eigenvalue weighted by Gasteiger charge is 2.21. The Morgan fingerprint density at radius 2 is 2.11 bits per heavy atom. The Balaban J connectivity index is 1.61. The zero-order valence-corrected chi connectivity index (χ0v) is 10.7. The van der Waals surface area contributed by atoms with E-state index in [2.05, 4.69) is 0 Å². The first-order valence-electron chi connectivity index (χ1n) is 6.37. The molecule has 0 N–H and O–H groups in total. The third kappa shape index (κ3) is 4.28. The molecule has 1 aliphatic rings. The number of amides is 1. The van der Waals surface area contributed by atoms with E-state index >= 15 is 0 Å². The van der Waals surface area contributed by atoms with Crippen LogP contribution in [0.25, 0.3) is 0 Å². The molecule has 0 bridgehead atoms. The lowest BCUT2D eigenvalue weighted by Gasteiger charge is -2.11. The van der Waals surface area contributed by atoms with Gasteiger partial charge in [0.05, 0.1) is 6.54 Å². The van der Waals surface area contributed by atoms with Crippen LogP contribution in [-0.2, 0) is 20.9 Å². The third-order valence-electron chi connectivity index (χ3n) is 2.90. The van der Waals surface area contributed by atoms with Gasteiger partial charge in [-0.25, -0.2) is 4.79 Å². The summed E-state index contributed by atoms with van der Waals surface area (Å²) in [5, 5.41) is 0. The fourth-order valence-electron chi connectivity index (χ4n) is 1.85. The van der Waals surface area contributed by atoms with Crippen molar-refractivity contribution in [2.75, 3.05) is 19.7 Å². The lowest BCUT2D eigenvalue weighted by Crippen LogP contribution is -2.25. The number of carbonyl (C=O) groups is 2. The van der Waals surface area contributed by atoms with Gasteiger partial charge in [0.1, 0.15) is 13.2 Å². The summed E-state index contributed by atoms with van der Waals surface area (Å²) in [5.41, 5.74) is 0.971. The minimum Gasteiger partial charge on any atom is -0.461 e. The summed E-state index contributed by atoms with van der Waals surface area (Å²) in [6, 6.07) is 9.55. The molecule has 1 saturated heterocycles. The van der Waals surface area contributed by atoms with Gasteiger partial charge in [-0.3, -0.25) is 4.79 Å². The number of hydrogen-bond donors (Lipinski definition) is 0. The zero-order chi connectivity index (χ0) is 13.5. The molecular formula is C14H17NO4. The van der Waals surface area contributed by atoms with Crippen LogP contribution in [0.15, 0.2) is 30.3 Å². The van der Waals surface area contributed by atoms with Crippen molar-refractivity contribution in [3.63, 3.8) is 0 Å². The summed E-state index contributed by atoms with van der Waals surface area (Å²) >= 11 is 0. The van der Waals surface area contributed by atoms with E-state index in [1.165, 1.54) is 0 Å². The van der Waals surface area contributed by atoms with Crippen molar-refractivity contribution in [1.29, 1.82) is 0 Å². The van der Waals surface area contributed by atoms with Crippen molar-refractivity contribution in [2.45, 2.75) is 19.4 Å². The summed E-state index contributed by atoms with van der Waals surface area (Å²) in [5.74, 6) is -0.239. The van der Waals surface area contributed by atoms with Gasteiger partial charge in [0, 0.05) is 13.0 Å². The van der Waals surface area contributed by atoms with Crippen molar-refractivity contribution in [2.24, 2.45) is 0 Å². The van der Waals surface area contributed by atoms with Gasteiger partial charge in [0.15, 0.2) is 0 Å². The number of benzene rings is 1. The molecule has 1 aliphatic heterocycles. The predicted molar refractivity (Wildman–Crippen MR) is 68.4 cm³/mol. The molecule has 1 aromatic rings. The number of hydrogen-bond acceptors (Lipinski definition) is 4. The van der Waals surface area contributed by atoms with Crippen molar-refractivity contribution in [1.82, 2.24) is 4.90 Å². The van der Waals surface area contributed by atoms with Gasteiger partial charge >= 0.3 is 12.1 Å². The topological polar surface area (TPSA) is 55.8 Å². The molecule has 0 saturated carbocycles. The number of esters is 1. The first kappa shape index (κ1) is 13.4. The van der Waals surface area contributed by atoms with E-state index < -0.39 is 0 Å². The van der Waals surface area contributed by atoms with E-state index in [9.17, 15) is 9.59 Å². The van der Waals surface area contributed by atoms with Crippen LogP contribution in [0.2, 0.25) is 0 Å². The lowest BCUT2D eigenvalue weighted by atomic mass is 10.2. The molecule has 0 aromatic heterocycles. The highest BCUT2D eigenvalue weighted by molar-refractivity contribution is 5.70. The molecule has 5 heteroatoms. The van der Waals surface area contributed by atoms with Crippen LogP contribution in [0.1, 0.15) is 18.4 Å². The maximum absolute atomic E-state index is 11.5. The lowest BCUT2D eigenvalue weighted by molar-refractivity contribution is -0.145. The minimum atomic E-state index is -0.294. The van der Waals surface area contributed by atoms with Crippen LogP contribution in [0, 0.1) is 0 Å². The molecule has 1 heterocycles. The Labute approximate surface area is 112 Å². The Morgan fingerprint density at radius 1 is 1.32 bits per heavy atom. The molecule has 1 fully saturated rings. The van der Waals surface area contributed by atoms with Crippen molar-refractivity contribution >= 4 is 12.1 Å². The molecule has 0 spiro atoms. The fourth-order valence-corrected chi connectivity index (χ4v) is 1.85. The number of cyclic esters (lactones) is 1. The smallest absolute Gasteiger partial charge is 0.409 e. The quantitative estimate of drug-likeness (QED) is 0.736. The van der Waals surface area contributed by atoms with Gasteiger partial charge in [-0.15, -0.1) is 0 Å². The van der Waals surface area contributed by atoms with Crippen LogP contribution in [0.3, 0.4) is 0 Å². The van der Waals surface area contributed by atoms with Crippen LogP contribution in [0.5, 0.6) is 0 Å². The standard InChI is InChI=1S/C14H17NO4/c16-13(19-11-12-5-2-1-3-6-12)7-4-8-15-9-10-18-14(15)17/h1-3,5-6H,4,7-11H2. The summed E-state index contributed by atoms with van der Waals surface area (Å²) in [6.07, 6.45) is 0.622. The predicted octanol–water partition coefficient (Wildman–Crippen LogP) is 1.96. The van der Waals surface area contributed by atoms with Crippen LogP contribution >= 0.6 is 0 Å². The second-order valence-electron chi connectivity index (χ2n) is 4.35. The maximum atomic E-state index is 11.5. The third-order valence-corrected chi connectivity index (χ3v) is 2.90. The Hall–Kier alpha value is -2.04. The largest absolute Gasteiger partial charge is 0.461 e. The fraction of sp³-hybridized carbons (Fsp3) is 0.429. The maximum Gasteiger partial charge on any atom is 0.409 e. The minimum absolute atomic E-state index is 0.239. The van der Waals surface area contributed by atoms with Gasteiger partial charge in [0.2, 0.25) is 0 Å². The number of nitrogens with zero attached hydrogens (tertiary/aromatic N) is 1. The monoisotopic (exact) mass is 263 g/mol. The number of ether oxygens (including phenoxy) is 2. The molecule has 5 nitrogen and oxygen atoms in total. The van der Waals surface area contributed by atoms with E-state index in [4.69, 9.17) is 9.47 Å². The molecule has 0 aliphatic carbocycles. The molecule has 19 heavy (non-hydrogen) atoms. The average molecular weight is 263 g/mol. The normalized spacial score (nSPS) is 14.3. The van der Waals surface area contributed by atoms with Crippen LogP contribution in [0.4, 0.5) is 4.79 Å². The SMILES string of the molecule is O=C(CCCN1CCOC1=O)OCc1ccccc1. The van der Waals surface area contributed by atoms with E-state index in [1.54, 1.807) is 4.90 Å². The van der Waals surface area contributed by atoms with Gasteiger partial charge in [0.25, 0.3) is 0 Å². The Bertz CT molecular complexity index is 432. The van der Waals surface area contributed by atoms with E-state index in [0.717, 1.165) is 5.56 Å². The van der Waals surface area contributed by atoms with Gasteiger partial charge in [-0.2, -0.15) is 0 Å². The molecule has 1 aromatic carbocycles. The molecular weight excluding hydrogens is 246 g/mol. The van der Waals surface area contributed by atoms with Crippen LogP contribution < -0.4 is 0 Å². The van der Waals surface area contributed by atoms with Gasteiger partial charge in [-0.1, -0.05) is 30.3 Å². The van der Waals surface area contributed by atoms with Crippen molar-refractivity contribution < 1.29 is 19.1 Å². The summed E-state index contributed by atoms with van der Waals surface area (Å²) in [4.78, 5) is 24.3. The molecule has 0 atom stereocenters. The highest BCUT2D eigenvalue weighted by Crippen LogP contribution is 2.06. The second kappa shape index (κ2) is 6.78. The van der Waals surface area contributed by atoms with Crippen LogP contribution in [-0.4, -0.2) is 36.7 Å². The van der Waals surface area contributed by atoms with E-state index in [1.807, 2.05) is 30.3 Å². The second-order valence-corrected chi connectivity index (χ2v) is 4.35. The summed E-state index contributed by atoms with van der Waals surface area (Å²) in [6.45, 7) is 1.89. The first-order valence-corrected chi connectivity index (χ1v) is 6.37. The first-order chi connectivity index (χ1) is 9.25. The Kier molecular flexibility index (Phi) is 4.78. The number of carbonyl (C=O) groups excluding carboxylic acids is 2. The molecule has 0 unspecified atom stereocenters. The average Bonchev–Trinajstić information content (AvgIpc) is 2.83. The van der Waals surface area contributed by atoms with Gasteiger partial charge in [-0.05, 0) is 12.0 Å². The van der Waals surface area contributed by atoms with E-state index in [0.29, 0.717) is 39.1 Å². The zero-order valence-electron chi connectivity index (χ0n) is 10.7. The highest BCUT2D eigenvalue weighted by atomic mass is 16.6. The molecule has 1 amide bonds. The Morgan fingerprint density at radius 3 is 2.79 bits per heavy atom. The molecule has 0 radical (unpaired) electrons.